The summed E-state index contributed by atoms with van der Waals surface area (Å²) >= 11 is 0. The normalized spacial score (nSPS) is 17.1. The smallest absolute Gasteiger partial charge is 0.209 e. The van der Waals surface area contributed by atoms with Gasteiger partial charge in [-0.05, 0) is 63.1 Å². The maximum absolute atomic E-state index is 13.6. The van der Waals surface area contributed by atoms with E-state index in [1.54, 1.807) is 18.2 Å². The van der Waals surface area contributed by atoms with Crippen LogP contribution in [-0.2, 0) is 14.1 Å². The van der Waals surface area contributed by atoms with Crippen LogP contribution in [0.15, 0.2) is 101 Å². The first-order valence-corrected chi connectivity index (χ1v) is 14.9. The lowest BCUT2D eigenvalue weighted by Crippen LogP contribution is -2.71. The van der Waals surface area contributed by atoms with E-state index in [0.29, 0.717) is 21.8 Å². The highest BCUT2D eigenvalue weighted by molar-refractivity contribution is 8.01. The van der Waals surface area contributed by atoms with Crippen LogP contribution in [0.25, 0.3) is 22.3 Å². The quantitative estimate of drug-likeness (QED) is 0.137. The largest absolute Gasteiger partial charge is 0.709 e. The molecule has 41 heavy (non-hydrogen) atoms. The Kier molecular flexibility index (Phi) is 6.87. The second-order valence-electron chi connectivity index (χ2n) is 10.3. The molecule has 0 fully saturated rings. The van der Waals surface area contributed by atoms with Gasteiger partial charge in [0, 0.05) is 56.6 Å². The Morgan fingerprint density at radius 3 is 2.27 bits per heavy atom. The van der Waals surface area contributed by atoms with Crippen molar-refractivity contribution in [2.24, 2.45) is 0 Å². The van der Waals surface area contributed by atoms with E-state index in [2.05, 4.69) is 66.6 Å². The van der Waals surface area contributed by atoms with Gasteiger partial charge >= 0.3 is 0 Å². The van der Waals surface area contributed by atoms with E-state index in [9.17, 15) is 9.47 Å². The second-order valence-corrected chi connectivity index (χ2v) is 12.3. The first kappa shape index (κ1) is 26.8. The van der Waals surface area contributed by atoms with Crippen LogP contribution in [-0.4, -0.2) is 9.07 Å². The zero-order chi connectivity index (χ0) is 28.7. The van der Waals surface area contributed by atoms with Gasteiger partial charge in [0.2, 0.25) is 11.0 Å². The van der Waals surface area contributed by atoms with E-state index < -0.39 is 9.80 Å². The highest BCUT2D eigenvalue weighted by Crippen LogP contribution is 2.36. The molecular formula is C34H30N2O4S. The molecule has 2 heterocycles. The number of hydrogen-bond donors (Lipinski definition) is 2. The van der Waals surface area contributed by atoms with Gasteiger partial charge in [0.05, 0.1) is 10.9 Å². The average Bonchev–Trinajstić information content (AvgIpc) is 2.96. The summed E-state index contributed by atoms with van der Waals surface area (Å²) < 4.78 is 24.5. The molecule has 0 aromatic heterocycles. The van der Waals surface area contributed by atoms with Gasteiger partial charge in [0.1, 0.15) is 21.1 Å². The lowest BCUT2D eigenvalue weighted by Gasteiger charge is -2.22. The van der Waals surface area contributed by atoms with Crippen molar-refractivity contribution in [3.63, 3.8) is 0 Å². The van der Waals surface area contributed by atoms with E-state index in [1.165, 1.54) is 5.41 Å². The topological polar surface area (TPSA) is 88.5 Å². The third-order valence-electron chi connectivity index (χ3n) is 7.49. The standard InChI is InChI=1S/C34H30N2O4S/c1-21-9-7-10-22(2)33(21)35-25-14-16-27-29(19-25)39-30-20-26(36-34-23(3)11-8-12-24(34)4)15-17-28(30)32(27)31-13-5-6-18-41(31,38)40-37/h5-20,35,37H,1-4H3. The minimum absolute atomic E-state index is 0.312. The molecule has 0 saturated carbocycles. The number of rotatable bonds is 5. The fourth-order valence-electron chi connectivity index (χ4n) is 5.37. The minimum atomic E-state index is -3.42. The maximum atomic E-state index is 13.6. The van der Waals surface area contributed by atoms with Crippen LogP contribution in [0, 0.1) is 27.7 Å². The molecule has 0 amide bonds. The molecule has 3 aromatic rings. The Labute approximate surface area is 239 Å². The van der Waals surface area contributed by atoms with Gasteiger partial charge in [0.15, 0.2) is 0 Å². The summed E-state index contributed by atoms with van der Waals surface area (Å²) in [6.45, 7) is 8.26. The number of aryl methyl sites for hydroxylation is 4. The van der Waals surface area contributed by atoms with Gasteiger partial charge in [-0.25, -0.2) is 9.20 Å². The SMILES string of the molecule is Cc1cccc(C)c1Nc1ccc2c(C3=S(=O)(O[O-])C=CC=C3)c3ccc(=[NH+]c4c(C)cccc4C)cc-3oc2c1. The van der Waals surface area contributed by atoms with Crippen molar-refractivity contribution in [1.29, 1.82) is 0 Å². The van der Waals surface area contributed by atoms with Gasteiger partial charge in [-0.3, -0.25) is 0 Å². The third kappa shape index (κ3) is 4.89. The monoisotopic (exact) mass is 562 g/mol. The molecule has 1 atom stereocenters. The predicted octanol–water partition coefficient (Wildman–Crippen LogP) is 4.92. The van der Waals surface area contributed by atoms with Gasteiger partial charge in [-0.15, -0.1) is 0 Å². The van der Waals surface area contributed by atoms with Crippen LogP contribution in [0.4, 0.5) is 17.1 Å². The molecule has 0 bridgehead atoms. The van der Waals surface area contributed by atoms with E-state index in [4.69, 9.17) is 4.42 Å². The predicted molar refractivity (Wildman–Crippen MR) is 163 cm³/mol. The summed E-state index contributed by atoms with van der Waals surface area (Å²) in [6, 6.07) is 24.0. The number of allylic oxidation sites excluding steroid dienone is 3. The first-order valence-electron chi connectivity index (χ1n) is 13.4. The summed E-state index contributed by atoms with van der Waals surface area (Å²) in [5, 5.41) is 18.2. The first-order chi connectivity index (χ1) is 19.8. The molecule has 0 saturated heterocycles. The molecule has 2 aliphatic heterocycles. The molecule has 1 aliphatic carbocycles. The number of para-hydroxylation sites is 2. The van der Waals surface area contributed by atoms with E-state index in [0.717, 1.165) is 55.6 Å². The van der Waals surface area contributed by atoms with E-state index in [-0.39, 0.29) is 0 Å². The van der Waals surface area contributed by atoms with Crippen molar-refractivity contribution in [1.82, 2.24) is 0 Å². The Balaban J connectivity index is 1.63. The second kappa shape index (κ2) is 10.5. The summed E-state index contributed by atoms with van der Waals surface area (Å²) in [5.41, 5.74) is 9.37. The van der Waals surface area contributed by atoms with Gasteiger partial charge in [0.25, 0.3) is 0 Å². The Morgan fingerprint density at radius 2 is 1.56 bits per heavy atom. The molecule has 6 rings (SSSR count). The maximum Gasteiger partial charge on any atom is 0.209 e. The molecule has 3 aliphatic rings. The summed E-state index contributed by atoms with van der Waals surface area (Å²) in [4.78, 5) is 3.84. The molecular weight excluding hydrogens is 532 g/mol. The molecule has 0 spiro atoms. The number of benzene rings is 4. The summed E-state index contributed by atoms with van der Waals surface area (Å²) in [7, 11) is -3.42. The number of nitrogens with one attached hydrogen (secondary N) is 2. The number of anilines is 2. The molecule has 3 aromatic carbocycles. The third-order valence-corrected chi connectivity index (χ3v) is 9.16. The van der Waals surface area contributed by atoms with Crippen LogP contribution in [0.1, 0.15) is 27.8 Å². The Bertz CT molecular complexity index is 2020. The molecule has 7 heteroatoms. The molecule has 206 valence electrons. The van der Waals surface area contributed by atoms with Gasteiger partial charge in [-0.1, -0.05) is 48.6 Å². The van der Waals surface area contributed by atoms with E-state index in [1.807, 2.05) is 48.5 Å². The molecule has 6 nitrogen and oxygen atoms in total. The Hall–Kier alpha value is -4.43. The lowest BCUT2D eigenvalue weighted by atomic mass is 9.96. The van der Waals surface area contributed by atoms with Crippen LogP contribution in [0.2, 0.25) is 0 Å². The number of hydrogen-bond acceptors (Lipinski definition) is 5. The van der Waals surface area contributed by atoms with Crippen LogP contribution in [0.5, 0.6) is 0 Å². The van der Waals surface area contributed by atoms with Crippen molar-refractivity contribution in [2.75, 3.05) is 5.32 Å². The fraction of sp³-hybridized carbons (Fsp3) is 0.118. The van der Waals surface area contributed by atoms with Crippen molar-refractivity contribution in [2.45, 2.75) is 27.7 Å². The van der Waals surface area contributed by atoms with Crippen molar-refractivity contribution in [3.05, 3.63) is 130 Å². The minimum Gasteiger partial charge on any atom is -0.709 e. The van der Waals surface area contributed by atoms with Gasteiger partial charge < -0.3 is 19.3 Å². The highest BCUT2D eigenvalue weighted by Gasteiger charge is 2.24. The van der Waals surface area contributed by atoms with Crippen LogP contribution < -0.4 is 20.9 Å². The fourth-order valence-corrected chi connectivity index (χ4v) is 6.70. The van der Waals surface area contributed by atoms with E-state index >= 15 is 0 Å². The molecule has 0 radical (unpaired) electrons. The van der Waals surface area contributed by atoms with Crippen molar-refractivity contribution >= 4 is 42.7 Å². The summed E-state index contributed by atoms with van der Waals surface area (Å²) in [6.07, 6.45) is 5.01. The Morgan fingerprint density at radius 1 is 0.854 bits per heavy atom. The zero-order valence-electron chi connectivity index (χ0n) is 23.3. The zero-order valence-corrected chi connectivity index (χ0v) is 24.1. The molecule has 1 unspecified atom stereocenters. The lowest BCUT2D eigenvalue weighted by molar-refractivity contribution is -0.633. The van der Waals surface area contributed by atoms with Crippen LogP contribution in [0.3, 0.4) is 0 Å². The number of fused-ring (bicyclic) bond motifs is 2. The van der Waals surface area contributed by atoms with Crippen LogP contribution >= 0.6 is 0 Å². The molecule has 2 N–H and O–H groups in total. The van der Waals surface area contributed by atoms with Crippen molar-refractivity contribution < 1.29 is 23.2 Å². The summed E-state index contributed by atoms with van der Waals surface area (Å²) in [5.74, 6) is 0.580. The highest BCUT2D eigenvalue weighted by atomic mass is 32.2. The average molecular weight is 563 g/mol. The van der Waals surface area contributed by atoms with Gasteiger partial charge in [-0.2, -0.15) is 0 Å². The van der Waals surface area contributed by atoms with Crippen molar-refractivity contribution in [3.8, 4) is 11.3 Å².